The molecule has 3 nitrogen and oxygen atoms in total. The van der Waals surface area contributed by atoms with Crippen molar-refractivity contribution in [1.29, 1.82) is 0 Å². The molecule has 2 aromatic rings. The van der Waals surface area contributed by atoms with Crippen LogP contribution in [0.2, 0.25) is 0 Å². The van der Waals surface area contributed by atoms with Crippen molar-refractivity contribution in [3.8, 4) is 0 Å². The minimum absolute atomic E-state index is 0.0790. The van der Waals surface area contributed by atoms with Crippen LogP contribution in [0.3, 0.4) is 0 Å². The number of rotatable bonds is 2. The van der Waals surface area contributed by atoms with Crippen LogP contribution in [0, 0.1) is 6.92 Å². The number of furan rings is 1. The average Bonchev–Trinajstić information content (AvgIpc) is 2.86. The molecule has 3 rings (SSSR count). The second-order valence-corrected chi connectivity index (χ2v) is 5.75. The second kappa shape index (κ2) is 5.13. The molecule has 0 aliphatic carbocycles. The van der Waals surface area contributed by atoms with Gasteiger partial charge in [-0.2, -0.15) is 0 Å². The van der Waals surface area contributed by atoms with Gasteiger partial charge in [-0.15, -0.1) is 11.8 Å². The molecule has 4 heteroatoms. The monoisotopic (exact) mass is 273 g/mol. The normalized spacial score (nSPS) is 17.8. The molecule has 2 heterocycles. The molecule has 1 aromatic carbocycles. The summed E-state index contributed by atoms with van der Waals surface area (Å²) in [6, 6.07) is 11.8. The maximum atomic E-state index is 12.1. The average molecular weight is 273 g/mol. The minimum Gasteiger partial charge on any atom is -0.456 e. The number of aryl methyl sites for hydroxylation is 1. The zero-order valence-electron chi connectivity index (χ0n) is 10.7. The molecular formula is C15H15NO2S. The fourth-order valence-corrected chi connectivity index (χ4v) is 3.40. The number of amides is 1. The molecule has 0 saturated heterocycles. The molecule has 1 aliphatic heterocycles. The fourth-order valence-electron chi connectivity index (χ4n) is 2.28. The van der Waals surface area contributed by atoms with E-state index in [4.69, 9.17) is 4.42 Å². The molecular weight excluding hydrogens is 258 g/mol. The van der Waals surface area contributed by atoms with Gasteiger partial charge in [0.1, 0.15) is 5.76 Å². The molecule has 1 aromatic heterocycles. The molecule has 19 heavy (non-hydrogen) atoms. The molecule has 0 saturated carbocycles. The van der Waals surface area contributed by atoms with Crippen LogP contribution in [-0.2, 0) is 0 Å². The topological polar surface area (TPSA) is 42.2 Å². The first-order valence-corrected chi connectivity index (χ1v) is 7.31. The van der Waals surface area contributed by atoms with Crippen LogP contribution in [0.5, 0.6) is 0 Å². The van der Waals surface area contributed by atoms with Gasteiger partial charge < -0.3 is 9.73 Å². The Morgan fingerprint density at radius 3 is 2.95 bits per heavy atom. The third kappa shape index (κ3) is 2.54. The van der Waals surface area contributed by atoms with Crippen LogP contribution in [-0.4, -0.2) is 11.7 Å². The van der Waals surface area contributed by atoms with E-state index in [0.29, 0.717) is 5.76 Å². The van der Waals surface area contributed by atoms with Gasteiger partial charge in [-0.05, 0) is 37.1 Å². The standard InChI is InChI=1S/C15H15NO2S/c1-10-6-7-13(18-10)15(17)16-12-8-9-19-14-5-3-2-4-11(12)14/h2-7,12H,8-9H2,1H3,(H,16,17). The Kier molecular flexibility index (Phi) is 3.34. The van der Waals surface area contributed by atoms with Crippen molar-refractivity contribution in [2.75, 3.05) is 5.75 Å². The summed E-state index contributed by atoms with van der Waals surface area (Å²) in [7, 11) is 0. The van der Waals surface area contributed by atoms with Crippen molar-refractivity contribution < 1.29 is 9.21 Å². The molecule has 1 aliphatic rings. The fraction of sp³-hybridized carbons (Fsp3) is 0.267. The number of nitrogens with one attached hydrogen (secondary N) is 1. The van der Waals surface area contributed by atoms with Gasteiger partial charge >= 0.3 is 0 Å². The Balaban J connectivity index is 1.79. The quantitative estimate of drug-likeness (QED) is 0.909. The number of carbonyl (C=O) groups is 1. The summed E-state index contributed by atoms with van der Waals surface area (Å²) in [5.74, 6) is 2.02. The van der Waals surface area contributed by atoms with Gasteiger partial charge in [0.15, 0.2) is 5.76 Å². The molecule has 1 amide bonds. The van der Waals surface area contributed by atoms with Gasteiger partial charge in [0.2, 0.25) is 0 Å². The van der Waals surface area contributed by atoms with Crippen LogP contribution < -0.4 is 5.32 Å². The van der Waals surface area contributed by atoms with E-state index >= 15 is 0 Å². The summed E-state index contributed by atoms with van der Waals surface area (Å²) in [5, 5.41) is 3.06. The molecule has 98 valence electrons. The van der Waals surface area contributed by atoms with Crippen molar-refractivity contribution in [3.05, 3.63) is 53.5 Å². The summed E-state index contributed by atoms with van der Waals surface area (Å²) in [4.78, 5) is 13.4. The third-order valence-corrected chi connectivity index (χ3v) is 4.35. The highest BCUT2D eigenvalue weighted by molar-refractivity contribution is 7.99. The highest BCUT2D eigenvalue weighted by atomic mass is 32.2. The predicted octanol–water partition coefficient (Wildman–Crippen LogP) is 3.55. The highest BCUT2D eigenvalue weighted by Gasteiger charge is 2.23. The van der Waals surface area contributed by atoms with Crippen molar-refractivity contribution in [1.82, 2.24) is 5.32 Å². The summed E-state index contributed by atoms with van der Waals surface area (Å²) in [6.07, 6.45) is 0.951. The predicted molar refractivity (Wildman–Crippen MR) is 75.4 cm³/mol. The molecule has 0 spiro atoms. The Bertz CT molecular complexity index is 606. The van der Waals surface area contributed by atoms with Gasteiger partial charge in [0.25, 0.3) is 5.91 Å². The van der Waals surface area contributed by atoms with E-state index in [2.05, 4.69) is 17.4 Å². The van der Waals surface area contributed by atoms with E-state index in [1.165, 1.54) is 10.5 Å². The molecule has 0 bridgehead atoms. The molecule has 0 fully saturated rings. The van der Waals surface area contributed by atoms with E-state index < -0.39 is 0 Å². The highest BCUT2D eigenvalue weighted by Crippen LogP contribution is 2.35. The molecule has 0 radical (unpaired) electrons. The lowest BCUT2D eigenvalue weighted by Crippen LogP contribution is -2.30. The maximum absolute atomic E-state index is 12.1. The number of hydrogen-bond acceptors (Lipinski definition) is 3. The van der Waals surface area contributed by atoms with Gasteiger partial charge in [-0.1, -0.05) is 18.2 Å². The first-order chi connectivity index (χ1) is 9.24. The number of benzene rings is 1. The third-order valence-electron chi connectivity index (χ3n) is 3.23. The number of hydrogen-bond donors (Lipinski definition) is 1. The lowest BCUT2D eigenvalue weighted by Gasteiger charge is -2.25. The van der Waals surface area contributed by atoms with Crippen molar-refractivity contribution in [2.45, 2.75) is 24.3 Å². The summed E-state index contributed by atoms with van der Waals surface area (Å²) < 4.78 is 5.36. The number of thioether (sulfide) groups is 1. The lowest BCUT2D eigenvalue weighted by atomic mass is 10.0. The van der Waals surface area contributed by atoms with Crippen LogP contribution in [0.15, 0.2) is 45.7 Å². The zero-order valence-corrected chi connectivity index (χ0v) is 11.5. The van der Waals surface area contributed by atoms with Crippen LogP contribution in [0.25, 0.3) is 0 Å². The molecule has 1 unspecified atom stereocenters. The van der Waals surface area contributed by atoms with Gasteiger partial charge in [0.05, 0.1) is 6.04 Å². The zero-order chi connectivity index (χ0) is 13.2. The van der Waals surface area contributed by atoms with Gasteiger partial charge in [-0.3, -0.25) is 4.79 Å². The summed E-state index contributed by atoms with van der Waals surface area (Å²) in [6.45, 7) is 1.84. The van der Waals surface area contributed by atoms with E-state index in [1.54, 1.807) is 12.1 Å². The Morgan fingerprint density at radius 2 is 2.16 bits per heavy atom. The van der Waals surface area contributed by atoms with Crippen molar-refractivity contribution >= 4 is 17.7 Å². The van der Waals surface area contributed by atoms with Crippen molar-refractivity contribution in [2.24, 2.45) is 0 Å². The van der Waals surface area contributed by atoms with E-state index in [1.807, 2.05) is 30.8 Å². The van der Waals surface area contributed by atoms with Gasteiger partial charge in [0, 0.05) is 10.6 Å². The minimum atomic E-state index is -0.139. The number of fused-ring (bicyclic) bond motifs is 1. The van der Waals surface area contributed by atoms with Gasteiger partial charge in [-0.25, -0.2) is 0 Å². The molecule has 1 atom stereocenters. The Hall–Kier alpha value is -1.68. The second-order valence-electron chi connectivity index (χ2n) is 4.61. The summed E-state index contributed by atoms with van der Waals surface area (Å²) >= 11 is 1.84. The Labute approximate surface area is 116 Å². The van der Waals surface area contributed by atoms with E-state index in [0.717, 1.165) is 17.9 Å². The van der Waals surface area contributed by atoms with Crippen LogP contribution in [0.1, 0.15) is 34.3 Å². The van der Waals surface area contributed by atoms with Crippen LogP contribution in [0.4, 0.5) is 0 Å². The largest absolute Gasteiger partial charge is 0.456 e. The summed E-state index contributed by atoms with van der Waals surface area (Å²) in [5.41, 5.74) is 1.20. The van der Waals surface area contributed by atoms with Crippen LogP contribution >= 0.6 is 11.8 Å². The molecule has 1 N–H and O–H groups in total. The first-order valence-electron chi connectivity index (χ1n) is 6.33. The lowest BCUT2D eigenvalue weighted by molar-refractivity contribution is 0.0905. The SMILES string of the molecule is Cc1ccc(C(=O)NC2CCSc3ccccc32)o1. The smallest absolute Gasteiger partial charge is 0.287 e. The van der Waals surface area contributed by atoms with Crippen molar-refractivity contribution in [3.63, 3.8) is 0 Å². The van der Waals surface area contributed by atoms with E-state index in [-0.39, 0.29) is 11.9 Å². The Morgan fingerprint density at radius 1 is 1.32 bits per heavy atom. The maximum Gasteiger partial charge on any atom is 0.287 e. The number of carbonyl (C=O) groups excluding carboxylic acids is 1. The van der Waals surface area contributed by atoms with E-state index in [9.17, 15) is 4.79 Å². The first kappa shape index (κ1) is 12.4.